The van der Waals surface area contributed by atoms with Gasteiger partial charge in [0.1, 0.15) is 0 Å². The van der Waals surface area contributed by atoms with Crippen molar-refractivity contribution in [1.82, 2.24) is 9.29 Å². The first-order valence-electron chi connectivity index (χ1n) is 9.28. The highest BCUT2D eigenvalue weighted by Gasteiger charge is 2.09. The number of carbonyl (C=O) groups is 1. The SMILES string of the molecule is Cc1nc2cc(NC(=O)c3ccc(SN(C)Cc4ccccc4)cc3)ccc2s1. The molecule has 1 aromatic heterocycles. The number of rotatable bonds is 6. The second-order valence-electron chi connectivity index (χ2n) is 6.76. The molecule has 0 bridgehead atoms. The van der Waals surface area contributed by atoms with E-state index < -0.39 is 0 Å². The average Bonchev–Trinajstić information content (AvgIpc) is 3.08. The molecule has 4 aromatic rings. The molecule has 0 fully saturated rings. The monoisotopic (exact) mass is 419 g/mol. The van der Waals surface area contributed by atoms with Crippen molar-refractivity contribution >= 4 is 45.1 Å². The molecule has 0 spiro atoms. The quantitative estimate of drug-likeness (QED) is 0.390. The summed E-state index contributed by atoms with van der Waals surface area (Å²) in [7, 11) is 2.06. The maximum absolute atomic E-state index is 12.6. The van der Waals surface area contributed by atoms with E-state index in [0.29, 0.717) is 5.56 Å². The van der Waals surface area contributed by atoms with E-state index in [4.69, 9.17) is 0 Å². The van der Waals surface area contributed by atoms with Crippen LogP contribution in [0.2, 0.25) is 0 Å². The third-order valence-corrected chi connectivity index (χ3v) is 6.25. The van der Waals surface area contributed by atoms with E-state index in [0.717, 1.165) is 32.4 Å². The highest BCUT2D eigenvalue weighted by atomic mass is 32.2. The summed E-state index contributed by atoms with van der Waals surface area (Å²) < 4.78 is 3.30. The van der Waals surface area contributed by atoms with Crippen molar-refractivity contribution in [2.24, 2.45) is 0 Å². The zero-order valence-corrected chi connectivity index (χ0v) is 17.9. The van der Waals surface area contributed by atoms with Crippen LogP contribution < -0.4 is 5.32 Å². The van der Waals surface area contributed by atoms with Crippen molar-refractivity contribution in [2.45, 2.75) is 18.4 Å². The predicted molar refractivity (Wildman–Crippen MR) is 123 cm³/mol. The molecule has 0 unspecified atom stereocenters. The zero-order valence-electron chi connectivity index (χ0n) is 16.3. The van der Waals surface area contributed by atoms with E-state index in [2.05, 4.69) is 45.9 Å². The van der Waals surface area contributed by atoms with Crippen molar-refractivity contribution in [2.75, 3.05) is 12.4 Å². The number of thiazole rings is 1. The minimum absolute atomic E-state index is 0.120. The van der Waals surface area contributed by atoms with E-state index in [1.54, 1.807) is 23.3 Å². The van der Waals surface area contributed by atoms with Crippen LogP contribution >= 0.6 is 23.3 Å². The normalized spacial score (nSPS) is 11.1. The van der Waals surface area contributed by atoms with Gasteiger partial charge in [-0.1, -0.05) is 30.3 Å². The van der Waals surface area contributed by atoms with Gasteiger partial charge in [-0.05, 0) is 73.9 Å². The van der Waals surface area contributed by atoms with E-state index >= 15 is 0 Å². The molecule has 0 atom stereocenters. The van der Waals surface area contributed by atoms with Gasteiger partial charge >= 0.3 is 0 Å². The minimum Gasteiger partial charge on any atom is -0.322 e. The van der Waals surface area contributed by atoms with Gasteiger partial charge in [0.25, 0.3) is 5.91 Å². The molecule has 0 aliphatic carbocycles. The Kier molecular flexibility index (Phi) is 5.94. The smallest absolute Gasteiger partial charge is 0.255 e. The van der Waals surface area contributed by atoms with Gasteiger partial charge in [0, 0.05) is 22.7 Å². The molecule has 1 amide bonds. The van der Waals surface area contributed by atoms with Crippen molar-refractivity contribution in [3.63, 3.8) is 0 Å². The molecule has 0 aliphatic rings. The Balaban J connectivity index is 1.38. The molecule has 4 rings (SSSR count). The molecule has 3 aromatic carbocycles. The maximum atomic E-state index is 12.6. The average molecular weight is 420 g/mol. The number of aromatic nitrogens is 1. The van der Waals surface area contributed by atoms with Crippen LogP contribution in [0.3, 0.4) is 0 Å². The standard InChI is InChI=1S/C23H21N3OS2/c1-16-24-21-14-19(10-13-22(21)28-16)25-23(27)18-8-11-20(12-9-18)29-26(2)15-17-6-4-3-5-7-17/h3-14H,15H2,1-2H3,(H,25,27). The van der Waals surface area contributed by atoms with Crippen LogP contribution in [-0.4, -0.2) is 22.2 Å². The van der Waals surface area contributed by atoms with Gasteiger partial charge in [-0.3, -0.25) is 4.79 Å². The number of nitrogens with zero attached hydrogens (tertiary/aromatic N) is 2. The second kappa shape index (κ2) is 8.78. The minimum atomic E-state index is -0.120. The summed E-state index contributed by atoms with van der Waals surface area (Å²) >= 11 is 3.31. The third-order valence-electron chi connectivity index (χ3n) is 4.38. The molecule has 0 radical (unpaired) electrons. The molecule has 29 heavy (non-hydrogen) atoms. The number of aryl methyl sites for hydroxylation is 1. The zero-order chi connectivity index (χ0) is 20.2. The van der Waals surface area contributed by atoms with Crippen molar-refractivity contribution < 1.29 is 4.79 Å². The van der Waals surface area contributed by atoms with Gasteiger partial charge in [0.2, 0.25) is 0 Å². The lowest BCUT2D eigenvalue weighted by molar-refractivity contribution is 0.102. The number of fused-ring (bicyclic) bond motifs is 1. The van der Waals surface area contributed by atoms with E-state index in [-0.39, 0.29) is 5.91 Å². The summed E-state index contributed by atoms with van der Waals surface area (Å²) in [6, 6.07) is 23.9. The lowest BCUT2D eigenvalue weighted by Crippen LogP contribution is -2.12. The van der Waals surface area contributed by atoms with Crippen molar-refractivity contribution in [3.05, 3.63) is 88.9 Å². The molecule has 146 valence electrons. The van der Waals surface area contributed by atoms with Crippen molar-refractivity contribution in [1.29, 1.82) is 0 Å². The number of hydrogen-bond donors (Lipinski definition) is 1. The summed E-state index contributed by atoms with van der Waals surface area (Å²) in [5.74, 6) is -0.120. The number of nitrogens with one attached hydrogen (secondary N) is 1. The molecular formula is C23H21N3OS2. The molecule has 4 nitrogen and oxygen atoms in total. The Labute approximate surface area is 178 Å². The van der Waals surface area contributed by atoms with Crippen LogP contribution in [0.4, 0.5) is 5.69 Å². The molecular weight excluding hydrogens is 398 g/mol. The van der Waals surface area contributed by atoms with Crippen LogP contribution in [0.1, 0.15) is 20.9 Å². The van der Waals surface area contributed by atoms with Crippen LogP contribution in [-0.2, 0) is 6.54 Å². The van der Waals surface area contributed by atoms with E-state index in [1.807, 2.05) is 55.5 Å². The summed E-state index contributed by atoms with van der Waals surface area (Å²) in [6.07, 6.45) is 0. The summed E-state index contributed by atoms with van der Waals surface area (Å²) in [5, 5.41) is 3.98. The highest BCUT2D eigenvalue weighted by Crippen LogP contribution is 2.26. The van der Waals surface area contributed by atoms with Crippen LogP contribution in [0.15, 0.2) is 77.7 Å². The van der Waals surface area contributed by atoms with Crippen LogP contribution in [0.5, 0.6) is 0 Å². The van der Waals surface area contributed by atoms with Gasteiger partial charge in [-0.25, -0.2) is 9.29 Å². The Morgan fingerprint density at radius 1 is 1.07 bits per heavy atom. The Morgan fingerprint density at radius 3 is 2.59 bits per heavy atom. The lowest BCUT2D eigenvalue weighted by Gasteiger charge is -2.15. The van der Waals surface area contributed by atoms with Gasteiger partial charge < -0.3 is 5.32 Å². The largest absolute Gasteiger partial charge is 0.322 e. The molecule has 0 aliphatic heterocycles. The number of carbonyl (C=O) groups excluding carboxylic acids is 1. The fourth-order valence-electron chi connectivity index (χ4n) is 3.04. The number of hydrogen-bond acceptors (Lipinski definition) is 5. The topological polar surface area (TPSA) is 45.2 Å². The van der Waals surface area contributed by atoms with Gasteiger partial charge in [0.05, 0.1) is 15.2 Å². The first-order chi connectivity index (χ1) is 14.1. The van der Waals surface area contributed by atoms with Crippen LogP contribution in [0, 0.1) is 6.92 Å². The Bertz CT molecular complexity index is 1120. The number of benzene rings is 3. The molecule has 1 N–H and O–H groups in total. The summed E-state index contributed by atoms with van der Waals surface area (Å²) in [4.78, 5) is 18.2. The second-order valence-corrected chi connectivity index (χ2v) is 9.27. The number of amides is 1. The molecule has 0 saturated carbocycles. The molecule has 1 heterocycles. The summed E-state index contributed by atoms with van der Waals surface area (Å²) in [6.45, 7) is 2.84. The van der Waals surface area contributed by atoms with Gasteiger partial charge in [-0.2, -0.15) is 0 Å². The predicted octanol–water partition coefficient (Wildman–Crippen LogP) is 6.00. The van der Waals surface area contributed by atoms with Crippen LogP contribution in [0.25, 0.3) is 10.2 Å². The molecule has 0 saturated heterocycles. The Morgan fingerprint density at radius 2 is 1.83 bits per heavy atom. The fraction of sp³-hybridized carbons (Fsp3) is 0.130. The third kappa shape index (κ3) is 5.03. The lowest BCUT2D eigenvalue weighted by atomic mass is 10.2. The highest BCUT2D eigenvalue weighted by molar-refractivity contribution is 7.97. The van der Waals surface area contributed by atoms with Gasteiger partial charge in [0.15, 0.2) is 0 Å². The first-order valence-corrected chi connectivity index (χ1v) is 10.9. The maximum Gasteiger partial charge on any atom is 0.255 e. The van der Waals surface area contributed by atoms with E-state index in [1.165, 1.54) is 5.56 Å². The fourth-order valence-corrected chi connectivity index (χ4v) is 4.68. The summed E-state index contributed by atoms with van der Waals surface area (Å²) in [5.41, 5.74) is 3.58. The van der Waals surface area contributed by atoms with E-state index in [9.17, 15) is 4.79 Å². The Hall–Kier alpha value is -2.67. The molecule has 6 heteroatoms. The first kappa shape index (κ1) is 19.6. The van der Waals surface area contributed by atoms with Crippen molar-refractivity contribution in [3.8, 4) is 0 Å². The van der Waals surface area contributed by atoms with Gasteiger partial charge in [-0.15, -0.1) is 11.3 Å². The number of anilines is 1.